The van der Waals surface area contributed by atoms with Gasteiger partial charge >= 0.3 is 6.18 Å². The molecule has 0 bridgehead atoms. The summed E-state index contributed by atoms with van der Waals surface area (Å²) in [7, 11) is 4.01. The van der Waals surface area contributed by atoms with Crippen molar-refractivity contribution in [3.05, 3.63) is 83.7 Å². The Kier molecular flexibility index (Phi) is 9.26. The Morgan fingerprint density at radius 2 is 1.77 bits per heavy atom. The van der Waals surface area contributed by atoms with Gasteiger partial charge in [-0.3, -0.25) is 19.5 Å². The lowest BCUT2D eigenvalue weighted by Crippen LogP contribution is -2.45. The minimum atomic E-state index is -4.55. The highest BCUT2D eigenvalue weighted by atomic mass is 19.4. The summed E-state index contributed by atoms with van der Waals surface area (Å²) in [6.45, 7) is 1.15. The van der Waals surface area contributed by atoms with Crippen LogP contribution < -0.4 is 15.5 Å². The van der Waals surface area contributed by atoms with Crippen LogP contribution >= 0.6 is 0 Å². The molecule has 1 saturated heterocycles. The number of anilines is 1. The maximum Gasteiger partial charge on any atom is 0.416 e. The van der Waals surface area contributed by atoms with E-state index in [1.165, 1.54) is 6.07 Å². The normalized spacial score (nSPS) is 22.4. The number of amides is 2. The molecule has 0 unspecified atom stereocenters. The fraction of sp³-hybridized carbons (Fsp3) is 0.424. The summed E-state index contributed by atoms with van der Waals surface area (Å²) in [5.74, 6) is -1.13. The fourth-order valence-electron chi connectivity index (χ4n) is 6.12. The number of aromatic nitrogens is 1. The molecule has 3 N–H and O–H groups in total. The first-order valence-corrected chi connectivity index (χ1v) is 14.9. The van der Waals surface area contributed by atoms with Crippen molar-refractivity contribution < 1.29 is 27.9 Å². The van der Waals surface area contributed by atoms with E-state index in [9.17, 15) is 27.9 Å². The molecular weight excluding hydrogens is 571 g/mol. The highest BCUT2D eigenvalue weighted by Gasteiger charge is 2.39. The number of rotatable bonds is 8. The highest BCUT2D eigenvalue weighted by Crippen LogP contribution is 2.39. The summed E-state index contributed by atoms with van der Waals surface area (Å²) in [5, 5.41) is 16.8. The van der Waals surface area contributed by atoms with Gasteiger partial charge < -0.3 is 20.6 Å². The number of carbonyl (C=O) groups excluding carboxylic acids is 2. The number of hydrogen-bond acceptors (Lipinski definition) is 6. The van der Waals surface area contributed by atoms with Crippen LogP contribution in [-0.4, -0.2) is 72.6 Å². The number of aliphatic hydroxyl groups is 1. The second kappa shape index (κ2) is 13.0. The summed E-state index contributed by atoms with van der Waals surface area (Å²) in [6.07, 6.45) is 0.818. The number of carbonyl (C=O) groups is 2. The molecule has 234 valence electrons. The molecule has 0 spiro atoms. The van der Waals surface area contributed by atoms with E-state index in [4.69, 9.17) is 0 Å². The van der Waals surface area contributed by atoms with Crippen LogP contribution in [0.4, 0.5) is 18.9 Å². The molecule has 1 aromatic heterocycles. The minimum Gasteiger partial charge on any atom is -0.384 e. The van der Waals surface area contributed by atoms with Gasteiger partial charge in [0.05, 0.1) is 17.8 Å². The number of benzene rings is 2. The van der Waals surface area contributed by atoms with E-state index in [1.54, 1.807) is 0 Å². The van der Waals surface area contributed by atoms with Crippen molar-refractivity contribution in [2.24, 2.45) is 0 Å². The zero-order valence-corrected chi connectivity index (χ0v) is 24.9. The number of nitrogens with zero attached hydrogens (tertiary/aromatic N) is 3. The van der Waals surface area contributed by atoms with Crippen LogP contribution in [-0.2, 0) is 16.6 Å². The van der Waals surface area contributed by atoms with Crippen molar-refractivity contribution in [1.29, 1.82) is 0 Å². The third-order valence-electron chi connectivity index (χ3n) is 8.68. The number of pyridine rings is 1. The molecule has 0 radical (unpaired) electrons. The van der Waals surface area contributed by atoms with Crippen molar-refractivity contribution in [1.82, 2.24) is 20.5 Å². The molecule has 44 heavy (non-hydrogen) atoms. The van der Waals surface area contributed by atoms with Crippen molar-refractivity contribution in [3.8, 4) is 11.1 Å². The lowest BCUT2D eigenvalue weighted by Gasteiger charge is -2.39. The van der Waals surface area contributed by atoms with Crippen LogP contribution in [0, 0.1) is 0 Å². The molecule has 2 amide bonds. The molecule has 1 aliphatic heterocycles. The Hall–Kier alpha value is -3.96. The van der Waals surface area contributed by atoms with Gasteiger partial charge in [0, 0.05) is 62.3 Å². The monoisotopic (exact) mass is 609 g/mol. The first kappa shape index (κ1) is 31.5. The van der Waals surface area contributed by atoms with E-state index in [0.717, 1.165) is 60.8 Å². The van der Waals surface area contributed by atoms with Gasteiger partial charge in [0.2, 0.25) is 5.91 Å². The van der Waals surface area contributed by atoms with Gasteiger partial charge in [0.15, 0.2) is 0 Å². The molecule has 5 rings (SSSR count). The quantitative estimate of drug-likeness (QED) is 0.346. The zero-order valence-electron chi connectivity index (χ0n) is 24.9. The smallest absolute Gasteiger partial charge is 0.384 e. The molecule has 1 aliphatic carbocycles. The van der Waals surface area contributed by atoms with E-state index in [0.29, 0.717) is 25.1 Å². The van der Waals surface area contributed by atoms with Gasteiger partial charge in [0.1, 0.15) is 5.60 Å². The second-order valence-electron chi connectivity index (χ2n) is 11.9. The fourth-order valence-corrected chi connectivity index (χ4v) is 6.12. The minimum absolute atomic E-state index is 0.0889. The lowest BCUT2D eigenvalue weighted by atomic mass is 9.79. The average Bonchev–Trinajstić information content (AvgIpc) is 3.48. The molecule has 2 aromatic carbocycles. The van der Waals surface area contributed by atoms with Crippen LogP contribution in [0.3, 0.4) is 0 Å². The Balaban J connectivity index is 1.08. The lowest BCUT2D eigenvalue weighted by molar-refractivity contribution is -0.137. The molecule has 2 fully saturated rings. The predicted octanol–water partition coefficient (Wildman–Crippen LogP) is 4.58. The number of hydrogen-bond donors (Lipinski definition) is 3. The SMILES string of the molecule is CN(C)c1cccc(-c2ccc(C3(O)CCC(N4CC[C@@H](NC(=O)CNC(=O)c5cccc(C(F)(F)F)c5)C4)CC3)nc2)c1. The number of nitrogens with one attached hydrogen (secondary N) is 2. The third kappa shape index (κ3) is 7.39. The first-order valence-electron chi connectivity index (χ1n) is 14.9. The summed E-state index contributed by atoms with van der Waals surface area (Å²) >= 11 is 0. The molecule has 1 atom stereocenters. The molecule has 8 nitrogen and oxygen atoms in total. The van der Waals surface area contributed by atoms with E-state index in [1.807, 2.05) is 44.6 Å². The van der Waals surface area contributed by atoms with Crippen LogP contribution in [0.5, 0.6) is 0 Å². The molecule has 3 aromatic rings. The van der Waals surface area contributed by atoms with Crippen molar-refractivity contribution in [2.45, 2.75) is 56.0 Å². The Bertz CT molecular complexity index is 1470. The van der Waals surface area contributed by atoms with Gasteiger partial charge in [-0.15, -0.1) is 0 Å². The van der Waals surface area contributed by atoms with Crippen LogP contribution in [0.1, 0.15) is 53.7 Å². The highest BCUT2D eigenvalue weighted by molar-refractivity contribution is 5.96. The van der Waals surface area contributed by atoms with Gasteiger partial charge in [-0.25, -0.2) is 0 Å². The Morgan fingerprint density at radius 1 is 1.02 bits per heavy atom. The van der Waals surface area contributed by atoms with Gasteiger partial charge in [-0.05, 0) is 74.1 Å². The van der Waals surface area contributed by atoms with E-state index >= 15 is 0 Å². The molecule has 2 aliphatic rings. The Labute approximate surface area is 255 Å². The molecule has 2 heterocycles. The summed E-state index contributed by atoms with van der Waals surface area (Å²) in [4.78, 5) is 33.8. The van der Waals surface area contributed by atoms with Crippen LogP contribution in [0.25, 0.3) is 11.1 Å². The van der Waals surface area contributed by atoms with Gasteiger partial charge in [-0.1, -0.05) is 24.3 Å². The van der Waals surface area contributed by atoms with E-state index in [-0.39, 0.29) is 24.2 Å². The topological polar surface area (TPSA) is 97.8 Å². The van der Waals surface area contributed by atoms with Crippen LogP contribution in [0.15, 0.2) is 66.9 Å². The van der Waals surface area contributed by atoms with E-state index in [2.05, 4.69) is 37.6 Å². The summed E-state index contributed by atoms with van der Waals surface area (Å²) in [5.41, 5.74) is 1.80. The van der Waals surface area contributed by atoms with Crippen molar-refractivity contribution in [3.63, 3.8) is 0 Å². The molecular formula is C33H38F3N5O3. The Morgan fingerprint density at radius 3 is 2.45 bits per heavy atom. The molecule has 11 heteroatoms. The maximum absolute atomic E-state index is 12.9. The first-order chi connectivity index (χ1) is 20.9. The average molecular weight is 610 g/mol. The predicted molar refractivity (Wildman–Crippen MR) is 162 cm³/mol. The summed E-state index contributed by atoms with van der Waals surface area (Å²) in [6, 6.07) is 16.5. The largest absolute Gasteiger partial charge is 0.416 e. The number of likely N-dealkylation sites (tertiary alicyclic amines) is 1. The maximum atomic E-state index is 12.9. The van der Waals surface area contributed by atoms with Crippen molar-refractivity contribution >= 4 is 17.5 Å². The zero-order chi connectivity index (χ0) is 31.5. The summed E-state index contributed by atoms with van der Waals surface area (Å²) < 4.78 is 38.8. The van der Waals surface area contributed by atoms with Crippen LogP contribution in [0.2, 0.25) is 0 Å². The van der Waals surface area contributed by atoms with Gasteiger partial charge in [0.25, 0.3) is 5.91 Å². The standard InChI is InChI=1S/C33H38F3N5O3/c1-40(2)28-8-4-5-22(18-28)24-9-10-29(37-19-24)32(44)14-11-27(12-15-32)41-16-13-26(21-41)39-30(42)20-38-31(43)23-6-3-7-25(17-23)33(34,35)36/h3-10,17-19,26-27,44H,11-16,20-21H2,1-2H3,(H,38,43)(H,39,42)/t26-,27?,32?/m1/s1. The number of alkyl halides is 3. The van der Waals surface area contributed by atoms with Crippen molar-refractivity contribution in [2.75, 3.05) is 38.6 Å². The molecule has 1 saturated carbocycles. The number of halogens is 3. The third-order valence-corrected chi connectivity index (χ3v) is 8.68. The van der Waals surface area contributed by atoms with E-state index < -0.39 is 29.2 Å². The van der Waals surface area contributed by atoms with Gasteiger partial charge in [-0.2, -0.15) is 13.2 Å². The second-order valence-corrected chi connectivity index (χ2v) is 11.9.